The molecule has 0 N–H and O–H groups in total. The fourth-order valence-electron chi connectivity index (χ4n) is 1.58. The van der Waals surface area contributed by atoms with Gasteiger partial charge in [0.25, 0.3) is 0 Å². The van der Waals surface area contributed by atoms with Crippen molar-refractivity contribution >= 4 is 17.3 Å². The van der Waals surface area contributed by atoms with Crippen molar-refractivity contribution < 1.29 is 4.84 Å². The summed E-state index contributed by atoms with van der Waals surface area (Å²) in [5, 5.41) is 4.07. The van der Waals surface area contributed by atoms with Gasteiger partial charge in [0, 0.05) is 5.88 Å². The lowest BCUT2D eigenvalue weighted by Gasteiger charge is -2.11. The van der Waals surface area contributed by atoms with Crippen molar-refractivity contribution in [2.24, 2.45) is 11.1 Å². The van der Waals surface area contributed by atoms with Crippen LogP contribution in [0.25, 0.3) is 0 Å². The Morgan fingerprint density at radius 3 is 2.71 bits per heavy atom. The maximum Gasteiger partial charge on any atom is 0.134 e. The van der Waals surface area contributed by atoms with Gasteiger partial charge in [-0.2, -0.15) is 0 Å². The third-order valence-electron chi connectivity index (χ3n) is 2.47. The summed E-state index contributed by atoms with van der Waals surface area (Å²) in [7, 11) is 0. The normalized spacial score (nSPS) is 25.7. The van der Waals surface area contributed by atoms with Gasteiger partial charge in [0.1, 0.15) is 6.10 Å². The lowest BCUT2D eigenvalue weighted by molar-refractivity contribution is 0.0806. The average Bonchev–Trinajstić information content (AvgIpc) is 2.61. The number of alkyl halides is 1. The zero-order valence-corrected chi connectivity index (χ0v) is 8.74. The summed E-state index contributed by atoms with van der Waals surface area (Å²) in [6.45, 7) is 1.99. The first-order chi connectivity index (χ1) is 6.83. The Morgan fingerprint density at radius 1 is 1.36 bits per heavy atom. The van der Waals surface area contributed by atoms with Crippen LogP contribution in [0.2, 0.25) is 0 Å². The minimum Gasteiger partial charge on any atom is -0.392 e. The van der Waals surface area contributed by atoms with Crippen LogP contribution in [-0.4, -0.2) is 17.7 Å². The van der Waals surface area contributed by atoms with Gasteiger partial charge in [0.2, 0.25) is 0 Å². The monoisotopic (exact) mass is 209 g/mol. The molecule has 0 aliphatic carbocycles. The molecule has 1 aromatic rings. The van der Waals surface area contributed by atoms with Gasteiger partial charge in [-0.1, -0.05) is 35.5 Å². The van der Waals surface area contributed by atoms with Gasteiger partial charge in [0.05, 0.1) is 11.6 Å². The van der Waals surface area contributed by atoms with Gasteiger partial charge in [-0.05, 0) is 12.5 Å². The second-order valence-electron chi connectivity index (χ2n) is 3.41. The Morgan fingerprint density at radius 2 is 2.07 bits per heavy atom. The average molecular weight is 210 g/mol. The fourth-order valence-corrected chi connectivity index (χ4v) is 1.97. The molecule has 0 bridgehead atoms. The van der Waals surface area contributed by atoms with Crippen LogP contribution in [0, 0.1) is 5.92 Å². The molecule has 1 aromatic carbocycles. The molecule has 0 aromatic heterocycles. The molecule has 2 atom stereocenters. The van der Waals surface area contributed by atoms with Crippen LogP contribution < -0.4 is 0 Å². The number of halogens is 1. The lowest BCUT2D eigenvalue weighted by atomic mass is 9.95. The van der Waals surface area contributed by atoms with Crippen LogP contribution in [0.4, 0.5) is 0 Å². The van der Waals surface area contributed by atoms with Crippen LogP contribution in [0.3, 0.4) is 0 Å². The maximum absolute atomic E-state index is 5.89. The zero-order chi connectivity index (χ0) is 9.97. The number of nitrogens with zero attached hydrogens (tertiary/aromatic N) is 1. The van der Waals surface area contributed by atoms with Crippen molar-refractivity contribution in [1.82, 2.24) is 0 Å². The van der Waals surface area contributed by atoms with Crippen molar-refractivity contribution in [1.29, 1.82) is 0 Å². The van der Waals surface area contributed by atoms with Crippen LogP contribution in [0.5, 0.6) is 0 Å². The number of hydrogen-bond donors (Lipinski definition) is 0. The first-order valence-electron chi connectivity index (χ1n) is 4.68. The second kappa shape index (κ2) is 4.01. The first kappa shape index (κ1) is 9.53. The quantitative estimate of drug-likeness (QED) is 0.687. The van der Waals surface area contributed by atoms with Crippen molar-refractivity contribution in [3.63, 3.8) is 0 Å². The molecule has 3 heteroatoms. The second-order valence-corrected chi connectivity index (χ2v) is 3.72. The van der Waals surface area contributed by atoms with Gasteiger partial charge in [-0.3, -0.25) is 0 Å². The molecule has 2 rings (SSSR count). The molecule has 1 aliphatic heterocycles. The summed E-state index contributed by atoms with van der Waals surface area (Å²) in [5.74, 6) is 0.758. The molecule has 0 radical (unpaired) electrons. The molecular weight excluding hydrogens is 198 g/mol. The fraction of sp³-hybridized carbons (Fsp3) is 0.364. The van der Waals surface area contributed by atoms with E-state index in [2.05, 4.69) is 5.16 Å². The summed E-state index contributed by atoms with van der Waals surface area (Å²) >= 11 is 5.89. The maximum atomic E-state index is 5.89. The predicted molar refractivity (Wildman–Crippen MR) is 57.7 cm³/mol. The molecule has 1 aliphatic rings. The summed E-state index contributed by atoms with van der Waals surface area (Å²) in [5.41, 5.74) is 2.07. The van der Waals surface area contributed by atoms with Crippen molar-refractivity contribution in [2.45, 2.75) is 13.0 Å². The minimum atomic E-state index is 0.0858. The van der Waals surface area contributed by atoms with Gasteiger partial charge in [0.15, 0.2) is 0 Å². The van der Waals surface area contributed by atoms with E-state index in [-0.39, 0.29) is 12.0 Å². The summed E-state index contributed by atoms with van der Waals surface area (Å²) in [6, 6.07) is 10.0. The molecule has 0 saturated carbocycles. The van der Waals surface area contributed by atoms with Gasteiger partial charge < -0.3 is 4.84 Å². The van der Waals surface area contributed by atoms with E-state index in [0.717, 1.165) is 11.3 Å². The molecule has 2 nitrogen and oxygen atoms in total. The number of rotatable bonds is 2. The van der Waals surface area contributed by atoms with E-state index in [0.29, 0.717) is 5.88 Å². The number of hydrogen-bond acceptors (Lipinski definition) is 2. The standard InChI is InChI=1S/C11H12ClNO/c1-8-10(7-12)11(13-14-8)9-5-3-2-4-6-9/h2-6,8,10H,7H2,1H3. The highest BCUT2D eigenvalue weighted by atomic mass is 35.5. The molecule has 1 heterocycles. The molecule has 0 spiro atoms. The molecule has 0 amide bonds. The Bertz CT molecular complexity index is 336. The molecule has 74 valence electrons. The molecule has 0 saturated heterocycles. The highest BCUT2D eigenvalue weighted by Crippen LogP contribution is 2.23. The first-order valence-corrected chi connectivity index (χ1v) is 5.21. The lowest BCUT2D eigenvalue weighted by Crippen LogP contribution is -2.22. The van der Waals surface area contributed by atoms with Crippen LogP contribution in [0.15, 0.2) is 35.5 Å². The topological polar surface area (TPSA) is 21.6 Å². The largest absolute Gasteiger partial charge is 0.392 e. The van der Waals surface area contributed by atoms with E-state index >= 15 is 0 Å². The Balaban J connectivity index is 2.28. The Kier molecular flexibility index (Phi) is 2.73. The highest BCUT2D eigenvalue weighted by molar-refractivity contribution is 6.20. The zero-order valence-electron chi connectivity index (χ0n) is 7.98. The van der Waals surface area contributed by atoms with E-state index < -0.39 is 0 Å². The van der Waals surface area contributed by atoms with Crippen LogP contribution in [0.1, 0.15) is 12.5 Å². The molecule has 2 unspecified atom stereocenters. The Hall–Kier alpha value is -1.02. The summed E-state index contributed by atoms with van der Waals surface area (Å²) in [4.78, 5) is 5.23. The number of benzene rings is 1. The van der Waals surface area contributed by atoms with Gasteiger partial charge >= 0.3 is 0 Å². The van der Waals surface area contributed by atoms with Crippen molar-refractivity contribution in [3.05, 3.63) is 35.9 Å². The van der Waals surface area contributed by atoms with E-state index in [4.69, 9.17) is 16.4 Å². The number of oxime groups is 1. The molecular formula is C11H12ClNO. The third-order valence-corrected chi connectivity index (χ3v) is 2.80. The van der Waals surface area contributed by atoms with Crippen molar-refractivity contribution in [3.8, 4) is 0 Å². The summed E-state index contributed by atoms with van der Waals surface area (Å²) in [6.07, 6.45) is 0.0858. The van der Waals surface area contributed by atoms with Crippen LogP contribution in [-0.2, 0) is 4.84 Å². The molecule has 0 fully saturated rings. The van der Waals surface area contributed by atoms with Gasteiger partial charge in [-0.25, -0.2) is 0 Å². The molecule has 14 heavy (non-hydrogen) atoms. The van der Waals surface area contributed by atoms with E-state index in [1.807, 2.05) is 37.3 Å². The highest BCUT2D eigenvalue weighted by Gasteiger charge is 2.30. The predicted octanol–water partition coefficient (Wildman–Crippen LogP) is 2.66. The van der Waals surface area contributed by atoms with Crippen LogP contribution >= 0.6 is 11.6 Å². The smallest absolute Gasteiger partial charge is 0.134 e. The van der Waals surface area contributed by atoms with E-state index in [1.165, 1.54) is 0 Å². The SMILES string of the molecule is CC1ON=C(c2ccccc2)C1CCl. The Labute approximate surface area is 88.5 Å². The van der Waals surface area contributed by atoms with E-state index in [1.54, 1.807) is 0 Å². The summed E-state index contributed by atoms with van der Waals surface area (Å²) < 4.78 is 0. The minimum absolute atomic E-state index is 0.0858. The third kappa shape index (κ3) is 1.62. The van der Waals surface area contributed by atoms with E-state index in [9.17, 15) is 0 Å². The van der Waals surface area contributed by atoms with Crippen molar-refractivity contribution in [2.75, 3.05) is 5.88 Å². The van der Waals surface area contributed by atoms with Gasteiger partial charge in [-0.15, -0.1) is 11.6 Å².